The number of methoxy groups -OCH3 is 1. The van der Waals surface area contributed by atoms with Gasteiger partial charge in [0.15, 0.2) is 0 Å². The van der Waals surface area contributed by atoms with Crippen LogP contribution < -0.4 is 4.90 Å². The predicted octanol–water partition coefficient (Wildman–Crippen LogP) is 3.34. The van der Waals surface area contributed by atoms with Crippen molar-refractivity contribution >= 4 is 21.0 Å². The molecule has 1 amide bonds. The lowest BCUT2D eigenvalue weighted by Gasteiger charge is -2.39. The molecule has 0 aromatic heterocycles. The van der Waals surface area contributed by atoms with Crippen molar-refractivity contribution in [3.8, 4) is 0 Å². The molecule has 1 heterocycles. The van der Waals surface area contributed by atoms with E-state index in [1.807, 2.05) is 51.2 Å². The van der Waals surface area contributed by atoms with Crippen LogP contribution in [0.2, 0.25) is 0 Å². The lowest BCUT2D eigenvalue weighted by Crippen LogP contribution is -2.46. The van der Waals surface area contributed by atoms with Crippen LogP contribution in [-0.4, -0.2) is 43.4 Å². The highest BCUT2D eigenvalue weighted by atomic mass is 31.0. The molecule has 1 fully saturated rings. The van der Waals surface area contributed by atoms with Crippen molar-refractivity contribution in [2.24, 2.45) is 0 Å². The average molecular weight is 324 g/mol. The van der Waals surface area contributed by atoms with Gasteiger partial charge < -0.3 is 9.64 Å². The van der Waals surface area contributed by atoms with Crippen LogP contribution in [0.3, 0.4) is 0 Å². The average Bonchev–Trinajstić information content (AvgIpc) is 2.59. The van der Waals surface area contributed by atoms with E-state index < -0.39 is 0 Å². The minimum absolute atomic E-state index is 0.107. The Morgan fingerprint density at radius 1 is 1.27 bits per heavy atom. The Balaban J connectivity index is 0.00000116. The summed E-state index contributed by atoms with van der Waals surface area (Å²) in [6, 6.07) is 9.73. The maximum Gasteiger partial charge on any atom is 0.229 e. The Morgan fingerprint density at radius 2 is 1.82 bits per heavy atom. The third kappa shape index (κ3) is 5.05. The summed E-state index contributed by atoms with van der Waals surface area (Å²) in [6.07, 6.45) is 2.22. The minimum atomic E-state index is -0.312. The first-order valence-electron chi connectivity index (χ1n) is 7.93. The molecule has 0 saturated carbocycles. The van der Waals surface area contributed by atoms with Crippen LogP contribution >= 0.6 is 9.39 Å². The van der Waals surface area contributed by atoms with E-state index in [9.17, 15) is 4.79 Å². The van der Waals surface area contributed by atoms with Gasteiger partial charge >= 0.3 is 0 Å². The monoisotopic (exact) mass is 324 g/mol. The summed E-state index contributed by atoms with van der Waals surface area (Å²) in [5, 5.41) is 0. The topological polar surface area (TPSA) is 32.8 Å². The maximum atomic E-state index is 12.5. The fraction of sp³-hybridized carbons (Fsp3) is 0.588. The molecule has 0 spiro atoms. The summed E-state index contributed by atoms with van der Waals surface area (Å²) in [5.41, 5.74) is 0.611. The Kier molecular flexibility index (Phi) is 8.02. The summed E-state index contributed by atoms with van der Waals surface area (Å²) in [4.78, 5) is 14.2. The molecule has 0 radical (unpaired) electrons. The molecule has 1 unspecified atom stereocenters. The summed E-state index contributed by atoms with van der Waals surface area (Å²) in [5.74, 6) is 0.107. The molecule has 22 heavy (non-hydrogen) atoms. The molecule has 0 bridgehead atoms. The number of rotatable bonds is 4. The molecule has 1 aliphatic heterocycles. The van der Waals surface area contributed by atoms with Gasteiger partial charge in [0.2, 0.25) is 5.91 Å². The molecule has 1 aromatic rings. The number of amides is 1. The summed E-state index contributed by atoms with van der Waals surface area (Å²) in [7, 11) is 6.26. The Morgan fingerprint density at radius 3 is 2.32 bits per heavy atom. The van der Waals surface area contributed by atoms with Gasteiger partial charge in [-0.2, -0.15) is 0 Å². The zero-order valence-corrected chi connectivity index (χ0v) is 15.4. The van der Waals surface area contributed by atoms with Crippen LogP contribution in [0.25, 0.3) is 0 Å². The number of benzene rings is 1. The van der Waals surface area contributed by atoms with Crippen molar-refractivity contribution in [2.45, 2.75) is 38.7 Å². The van der Waals surface area contributed by atoms with Crippen molar-refractivity contribution in [2.75, 3.05) is 32.1 Å². The molecule has 1 aromatic carbocycles. The number of ether oxygens (including phenoxy) is 1. The SMILES string of the molecule is CC.COC1(CC(=O)N(C)c2ccccc2)CCN(P)CC1. The molecule has 1 aliphatic rings. The minimum Gasteiger partial charge on any atom is -0.378 e. The van der Waals surface area contributed by atoms with Crippen LogP contribution in [-0.2, 0) is 9.53 Å². The largest absolute Gasteiger partial charge is 0.378 e. The van der Waals surface area contributed by atoms with Gasteiger partial charge in [-0.25, -0.2) is 0 Å². The maximum absolute atomic E-state index is 12.5. The van der Waals surface area contributed by atoms with Crippen molar-refractivity contribution < 1.29 is 9.53 Å². The summed E-state index contributed by atoms with van der Waals surface area (Å²) >= 11 is 0. The van der Waals surface area contributed by atoms with Crippen molar-refractivity contribution in [1.29, 1.82) is 0 Å². The van der Waals surface area contributed by atoms with Gasteiger partial charge in [-0.15, -0.1) is 0 Å². The standard InChI is InChI=1S/C15H23N2O2P.C2H6/c1-16(13-6-4-3-5-7-13)14(18)12-15(19-2)8-10-17(20)11-9-15;1-2/h3-7H,8-12,20H2,1-2H3;1-2H3. The van der Waals surface area contributed by atoms with E-state index in [0.717, 1.165) is 31.6 Å². The lowest BCUT2D eigenvalue weighted by molar-refractivity contribution is -0.127. The molecular weight excluding hydrogens is 295 g/mol. The molecule has 0 N–H and O–H groups in total. The van der Waals surface area contributed by atoms with Crippen LogP contribution in [0.4, 0.5) is 5.69 Å². The number of hydrogen-bond acceptors (Lipinski definition) is 3. The highest BCUT2D eigenvalue weighted by Crippen LogP contribution is 2.31. The Hall–Kier alpha value is -0.960. The fourth-order valence-electron chi connectivity index (χ4n) is 2.57. The van der Waals surface area contributed by atoms with Gasteiger partial charge in [-0.1, -0.05) is 41.4 Å². The summed E-state index contributed by atoms with van der Waals surface area (Å²) < 4.78 is 7.90. The number of anilines is 1. The molecule has 1 saturated heterocycles. The zero-order valence-electron chi connectivity index (χ0n) is 14.2. The second-order valence-electron chi connectivity index (χ2n) is 5.39. The van der Waals surface area contributed by atoms with Gasteiger partial charge in [-0.05, 0) is 25.0 Å². The van der Waals surface area contributed by atoms with E-state index in [-0.39, 0.29) is 11.5 Å². The van der Waals surface area contributed by atoms with Gasteiger partial charge in [0, 0.05) is 32.9 Å². The molecule has 0 aliphatic carbocycles. The quantitative estimate of drug-likeness (QED) is 0.797. The van der Waals surface area contributed by atoms with Crippen LogP contribution in [0.1, 0.15) is 33.1 Å². The van der Waals surface area contributed by atoms with E-state index in [0.29, 0.717) is 6.42 Å². The van der Waals surface area contributed by atoms with Crippen LogP contribution in [0, 0.1) is 0 Å². The van der Waals surface area contributed by atoms with Crippen LogP contribution in [0.5, 0.6) is 0 Å². The number of piperidine rings is 1. The zero-order chi connectivity index (χ0) is 16.6. The second-order valence-corrected chi connectivity index (χ2v) is 6.12. The van der Waals surface area contributed by atoms with Crippen molar-refractivity contribution in [1.82, 2.24) is 4.67 Å². The number of hydrogen-bond donors (Lipinski definition) is 0. The number of carbonyl (C=O) groups excluding carboxylic acids is 1. The predicted molar refractivity (Wildman–Crippen MR) is 96.1 cm³/mol. The number of para-hydroxylation sites is 1. The number of nitrogens with zero attached hydrogens (tertiary/aromatic N) is 2. The fourth-order valence-corrected chi connectivity index (χ4v) is 2.83. The van der Waals surface area contributed by atoms with Crippen molar-refractivity contribution in [3.05, 3.63) is 30.3 Å². The van der Waals surface area contributed by atoms with Crippen molar-refractivity contribution in [3.63, 3.8) is 0 Å². The highest BCUT2D eigenvalue weighted by molar-refractivity contribution is 7.13. The van der Waals surface area contributed by atoms with E-state index in [1.54, 1.807) is 12.0 Å². The Bertz CT molecular complexity index is 445. The third-order valence-corrected chi connectivity index (χ3v) is 4.65. The van der Waals surface area contributed by atoms with E-state index >= 15 is 0 Å². The first-order chi connectivity index (χ1) is 10.6. The molecule has 2 rings (SSSR count). The molecular formula is C17H29N2O2P. The van der Waals surface area contributed by atoms with Gasteiger partial charge in [0.25, 0.3) is 0 Å². The first kappa shape index (κ1) is 19.1. The third-order valence-electron chi connectivity index (χ3n) is 4.13. The molecule has 124 valence electrons. The normalized spacial score (nSPS) is 17.3. The summed E-state index contributed by atoms with van der Waals surface area (Å²) in [6.45, 7) is 5.89. The number of carbonyl (C=O) groups is 1. The van der Waals surface area contributed by atoms with E-state index in [2.05, 4.69) is 14.1 Å². The molecule has 1 atom stereocenters. The Labute approximate surface area is 137 Å². The molecule has 5 heteroatoms. The van der Waals surface area contributed by atoms with Gasteiger partial charge in [-0.3, -0.25) is 9.46 Å². The van der Waals surface area contributed by atoms with Crippen LogP contribution in [0.15, 0.2) is 30.3 Å². The smallest absolute Gasteiger partial charge is 0.229 e. The highest BCUT2D eigenvalue weighted by Gasteiger charge is 2.36. The second kappa shape index (κ2) is 9.24. The van der Waals surface area contributed by atoms with E-state index in [4.69, 9.17) is 4.74 Å². The van der Waals surface area contributed by atoms with Gasteiger partial charge in [0.1, 0.15) is 0 Å². The van der Waals surface area contributed by atoms with Gasteiger partial charge in [0.05, 0.1) is 12.0 Å². The first-order valence-corrected chi connectivity index (χ1v) is 8.44. The molecule has 4 nitrogen and oxygen atoms in total. The van der Waals surface area contributed by atoms with E-state index in [1.165, 1.54) is 0 Å². The lowest BCUT2D eigenvalue weighted by atomic mass is 9.88.